The number of benzene rings is 2. The van der Waals surface area contributed by atoms with Crippen LogP contribution < -0.4 is 4.90 Å². The summed E-state index contributed by atoms with van der Waals surface area (Å²) in [5.74, 6) is -0.760. The van der Waals surface area contributed by atoms with E-state index < -0.39 is 0 Å². The van der Waals surface area contributed by atoms with E-state index in [-0.39, 0.29) is 17.7 Å². The average molecular weight is 266 g/mol. The van der Waals surface area contributed by atoms with Crippen LogP contribution >= 0.6 is 0 Å². The first kappa shape index (κ1) is 11.2. The summed E-state index contributed by atoms with van der Waals surface area (Å²) in [4.78, 5) is 39.3. The van der Waals surface area contributed by atoms with E-state index in [2.05, 4.69) is 0 Å². The Morgan fingerprint density at radius 2 is 1.10 bits per heavy atom. The summed E-state index contributed by atoms with van der Waals surface area (Å²) in [5, 5.41) is 1.31. The molecule has 2 aliphatic rings. The maximum absolute atomic E-state index is 12.2. The minimum Gasteiger partial charge on any atom is -0.311 e. The molecule has 0 bridgehead atoms. The van der Waals surface area contributed by atoms with E-state index in [4.69, 9.17) is 0 Å². The maximum atomic E-state index is 12.2. The van der Waals surface area contributed by atoms with Gasteiger partial charge >= 0.3 is 0 Å². The normalized spacial score (nSPS) is 16.6. The lowest BCUT2D eigenvalue weighted by Crippen LogP contribution is -2.36. The van der Waals surface area contributed by atoms with Gasteiger partial charge < -0.3 is 4.90 Å². The highest BCUT2D eigenvalue weighted by Gasteiger charge is 2.36. The molecular weight excluding hydrogens is 256 g/mol. The topological polar surface area (TPSA) is 57.7 Å². The fraction of sp³-hybridized carbons (Fsp3) is 0.133. The Bertz CT molecular complexity index is 832. The fourth-order valence-electron chi connectivity index (χ4n) is 3.04. The molecule has 2 heterocycles. The van der Waals surface area contributed by atoms with Gasteiger partial charge in [0.2, 0.25) is 0 Å². The molecular formula is C15H10N2O3. The van der Waals surface area contributed by atoms with Crippen molar-refractivity contribution in [2.24, 2.45) is 0 Å². The molecule has 0 atom stereocenters. The fourth-order valence-corrected chi connectivity index (χ4v) is 3.04. The Balaban J connectivity index is 2.25. The van der Waals surface area contributed by atoms with Gasteiger partial charge in [0.15, 0.2) is 0 Å². The van der Waals surface area contributed by atoms with Crippen LogP contribution in [0.2, 0.25) is 0 Å². The molecule has 0 aliphatic carbocycles. The summed E-state index contributed by atoms with van der Waals surface area (Å²) in [5.41, 5.74) is 2.25. The third kappa shape index (κ3) is 1.02. The van der Waals surface area contributed by atoms with Crippen molar-refractivity contribution >= 4 is 34.2 Å². The summed E-state index contributed by atoms with van der Waals surface area (Å²) in [7, 11) is 3.16. The van der Waals surface area contributed by atoms with Crippen molar-refractivity contribution in [2.45, 2.75) is 0 Å². The monoisotopic (exact) mass is 266 g/mol. The van der Waals surface area contributed by atoms with Crippen LogP contribution in [-0.4, -0.2) is 36.7 Å². The number of hydrogen-bond donors (Lipinski definition) is 0. The lowest BCUT2D eigenvalue weighted by molar-refractivity contribution is 0.0650. The molecule has 0 saturated heterocycles. The van der Waals surface area contributed by atoms with Gasteiger partial charge in [-0.15, -0.1) is 0 Å². The number of rotatable bonds is 0. The van der Waals surface area contributed by atoms with Gasteiger partial charge in [-0.3, -0.25) is 19.3 Å². The van der Waals surface area contributed by atoms with Gasteiger partial charge in [0.05, 0.1) is 5.69 Å². The summed E-state index contributed by atoms with van der Waals surface area (Å²) in [6.07, 6.45) is 0. The van der Waals surface area contributed by atoms with E-state index in [0.717, 1.165) is 10.6 Å². The highest BCUT2D eigenvalue weighted by Crippen LogP contribution is 2.41. The van der Waals surface area contributed by atoms with Crippen LogP contribution in [0.5, 0.6) is 0 Å². The standard InChI is InChI=1S/C15H10N2O3/c1-16-10-6-5-8-11-7(14(19)17(2)15(8)20)3-4-9(12(10)11)13(16)18/h3-6H,1-2H3. The van der Waals surface area contributed by atoms with E-state index in [9.17, 15) is 14.4 Å². The Labute approximate surface area is 114 Å². The zero-order chi connectivity index (χ0) is 14.2. The Hall–Kier alpha value is -2.69. The zero-order valence-corrected chi connectivity index (χ0v) is 10.9. The molecule has 0 saturated carbocycles. The molecule has 2 aromatic rings. The molecule has 5 heteroatoms. The molecule has 0 spiro atoms. The smallest absolute Gasteiger partial charge is 0.261 e. The van der Waals surface area contributed by atoms with Crippen molar-refractivity contribution in [1.29, 1.82) is 0 Å². The number of carbonyl (C=O) groups is 3. The van der Waals surface area contributed by atoms with Crippen molar-refractivity contribution in [3.63, 3.8) is 0 Å². The highest BCUT2D eigenvalue weighted by molar-refractivity contribution is 6.33. The predicted molar refractivity (Wildman–Crippen MR) is 73.1 cm³/mol. The molecule has 3 amide bonds. The lowest BCUT2D eigenvalue weighted by Gasteiger charge is -2.24. The minimum absolute atomic E-state index is 0.109. The van der Waals surface area contributed by atoms with Gasteiger partial charge in [0.25, 0.3) is 17.7 Å². The second kappa shape index (κ2) is 3.25. The summed E-state index contributed by atoms with van der Waals surface area (Å²) >= 11 is 0. The first-order valence-corrected chi connectivity index (χ1v) is 6.22. The van der Waals surface area contributed by atoms with Crippen LogP contribution in [-0.2, 0) is 0 Å². The van der Waals surface area contributed by atoms with Gasteiger partial charge in [-0.2, -0.15) is 0 Å². The molecule has 4 rings (SSSR count). The summed E-state index contributed by atoms with van der Waals surface area (Å²) in [6.45, 7) is 0. The Morgan fingerprint density at radius 3 is 1.70 bits per heavy atom. The van der Waals surface area contributed by atoms with Crippen LogP contribution in [0.15, 0.2) is 24.3 Å². The number of carbonyl (C=O) groups excluding carboxylic acids is 3. The van der Waals surface area contributed by atoms with Gasteiger partial charge in [0, 0.05) is 41.6 Å². The molecule has 0 N–H and O–H groups in total. The van der Waals surface area contributed by atoms with Gasteiger partial charge in [-0.25, -0.2) is 0 Å². The molecule has 0 fully saturated rings. The number of hydrogen-bond acceptors (Lipinski definition) is 3. The SMILES string of the molecule is CN1C(=O)c2ccc3c4c(ccc(c24)C1=O)N(C)C3=O. The molecule has 0 unspecified atom stereocenters. The molecule has 20 heavy (non-hydrogen) atoms. The number of imide groups is 1. The third-order valence-electron chi connectivity index (χ3n) is 4.11. The quantitative estimate of drug-likeness (QED) is 0.681. The maximum Gasteiger partial charge on any atom is 0.261 e. The zero-order valence-electron chi connectivity index (χ0n) is 10.9. The molecule has 2 aromatic carbocycles. The predicted octanol–water partition coefficient (Wildman–Crippen LogP) is 1.66. The third-order valence-corrected chi connectivity index (χ3v) is 4.11. The van der Waals surface area contributed by atoms with Crippen LogP contribution in [0.1, 0.15) is 31.1 Å². The average Bonchev–Trinajstić information content (AvgIpc) is 2.71. The van der Waals surface area contributed by atoms with Crippen LogP contribution in [0.4, 0.5) is 5.69 Å². The highest BCUT2D eigenvalue weighted by atomic mass is 16.2. The lowest BCUT2D eigenvalue weighted by atomic mass is 9.92. The van der Waals surface area contributed by atoms with E-state index in [1.54, 1.807) is 36.2 Å². The van der Waals surface area contributed by atoms with Crippen molar-refractivity contribution < 1.29 is 14.4 Å². The minimum atomic E-state index is -0.326. The molecule has 98 valence electrons. The van der Waals surface area contributed by atoms with E-state index in [1.807, 2.05) is 0 Å². The van der Waals surface area contributed by atoms with Crippen molar-refractivity contribution in [3.8, 4) is 0 Å². The second-order valence-electron chi connectivity index (χ2n) is 5.08. The van der Waals surface area contributed by atoms with Gasteiger partial charge in [-0.05, 0) is 24.3 Å². The summed E-state index contributed by atoms with van der Waals surface area (Å²) in [6, 6.07) is 6.74. The van der Waals surface area contributed by atoms with Crippen LogP contribution in [0.25, 0.3) is 10.8 Å². The first-order valence-electron chi connectivity index (χ1n) is 6.22. The second-order valence-corrected chi connectivity index (χ2v) is 5.08. The van der Waals surface area contributed by atoms with E-state index >= 15 is 0 Å². The van der Waals surface area contributed by atoms with Crippen molar-refractivity contribution in [3.05, 3.63) is 41.0 Å². The van der Waals surface area contributed by atoms with Gasteiger partial charge in [0.1, 0.15) is 0 Å². The first-order chi connectivity index (χ1) is 9.52. The van der Waals surface area contributed by atoms with E-state index in [1.165, 1.54) is 7.05 Å². The number of anilines is 1. The number of nitrogens with zero attached hydrogens (tertiary/aromatic N) is 2. The van der Waals surface area contributed by atoms with Gasteiger partial charge in [-0.1, -0.05) is 0 Å². The number of amides is 3. The molecule has 2 aliphatic heterocycles. The Morgan fingerprint density at radius 1 is 0.650 bits per heavy atom. The largest absolute Gasteiger partial charge is 0.311 e. The van der Waals surface area contributed by atoms with Crippen LogP contribution in [0.3, 0.4) is 0 Å². The molecule has 5 nitrogen and oxygen atoms in total. The molecule has 0 aromatic heterocycles. The van der Waals surface area contributed by atoms with Crippen molar-refractivity contribution in [1.82, 2.24) is 4.90 Å². The summed E-state index contributed by atoms with van der Waals surface area (Å²) < 4.78 is 0. The Kier molecular flexibility index (Phi) is 1.81. The molecule has 0 radical (unpaired) electrons. The van der Waals surface area contributed by atoms with Crippen LogP contribution in [0, 0.1) is 0 Å². The van der Waals surface area contributed by atoms with Crippen molar-refractivity contribution in [2.75, 3.05) is 19.0 Å². The van der Waals surface area contributed by atoms with E-state index in [0.29, 0.717) is 27.5 Å².